The van der Waals surface area contributed by atoms with Crippen LogP contribution in [0.3, 0.4) is 0 Å². The number of methoxy groups -OCH3 is 1. The molecule has 0 radical (unpaired) electrons. The molecule has 90 valence electrons. The third-order valence-electron chi connectivity index (χ3n) is 2.29. The van der Waals surface area contributed by atoms with Crippen molar-refractivity contribution in [2.45, 2.75) is 19.4 Å². The molecule has 3 N–H and O–H groups in total. The lowest BCUT2D eigenvalue weighted by atomic mass is 10.1. The minimum Gasteiger partial charge on any atom is -0.494 e. The van der Waals surface area contributed by atoms with Gasteiger partial charge in [0.1, 0.15) is 5.75 Å². The first kappa shape index (κ1) is 13.0. The molecule has 16 heavy (non-hydrogen) atoms. The van der Waals surface area contributed by atoms with E-state index in [1.54, 1.807) is 7.11 Å². The van der Waals surface area contributed by atoms with Gasteiger partial charge in [-0.3, -0.25) is 11.3 Å². The second kappa shape index (κ2) is 7.22. The second-order valence-corrected chi connectivity index (χ2v) is 3.59. The SMILES string of the molecule is CCCOc1ccc(C(COC)NN)cc1. The van der Waals surface area contributed by atoms with E-state index in [1.165, 1.54) is 0 Å². The molecule has 0 saturated heterocycles. The number of rotatable bonds is 7. The summed E-state index contributed by atoms with van der Waals surface area (Å²) in [6.07, 6.45) is 1.01. The third-order valence-corrected chi connectivity index (χ3v) is 2.29. The van der Waals surface area contributed by atoms with Crippen molar-refractivity contribution in [1.29, 1.82) is 0 Å². The number of nitrogens with one attached hydrogen (secondary N) is 1. The van der Waals surface area contributed by atoms with Crippen LogP contribution in [0.2, 0.25) is 0 Å². The molecular weight excluding hydrogens is 204 g/mol. The lowest BCUT2D eigenvalue weighted by Crippen LogP contribution is -2.31. The summed E-state index contributed by atoms with van der Waals surface area (Å²) in [4.78, 5) is 0. The minimum atomic E-state index is 0.0187. The first-order chi connectivity index (χ1) is 7.81. The summed E-state index contributed by atoms with van der Waals surface area (Å²) >= 11 is 0. The summed E-state index contributed by atoms with van der Waals surface area (Å²) in [6, 6.07) is 7.91. The van der Waals surface area contributed by atoms with Crippen LogP contribution in [0.4, 0.5) is 0 Å². The molecule has 0 fully saturated rings. The Morgan fingerprint density at radius 2 is 2.00 bits per heavy atom. The second-order valence-electron chi connectivity index (χ2n) is 3.59. The van der Waals surface area contributed by atoms with E-state index in [0.29, 0.717) is 6.61 Å². The molecule has 0 aliphatic carbocycles. The summed E-state index contributed by atoms with van der Waals surface area (Å²) in [7, 11) is 1.66. The molecular formula is C12H20N2O2. The number of hydrogen-bond acceptors (Lipinski definition) is 4. The Bertz CT molecular complexity index is 288. The van der Waals surface area contributed by atoms with Crippen LogP contribution in [0.1, 0.15) is 24.9 Å². The lowest BCUT2D eigenvalue weighted by molar-refractivity contribution is 0.167. The molecule has 0 saturated carbocycles. The number of hydrazine groups is 1. The Hall–Kier alpha value is -1.10. The van der Waals surface area contributed by atoms with Gasteiger partial charge in [0.05, 0.1) is 19.3 Å². The molecule has 4 nitrogen and oxygen atoms in total. The number of benzene rings is 1. The summed E-state index contributed by atoms with van der Waals surface area (Å²) in [6.45, 7) is 3.38. The van der Waals surface area contributed by atoms with Gasteiger partial charge < -0.3 is 9.47 Å². The molecule has 1 atom stereocenters. The molecule has 0 heterocycles. The number of nitrogens with two attached hydrogens (primary N) is 1. The Labute approximate surface area is 96.7 Å². The molecule has 0 aromatic heterocycles. The van der Waals surface area contributed by atoms with Crippen molar-refractivity contribution >= 4 is 0 Å². The molecule has 0 aliphatic heterocycles. The Kier molecular flexibility index (Phi) is 5.85. The van der Waals surface area contributed by atoms with Gasteiger partial charge in [0.25, 0.3) is 0 Å². The topological polar surface area (TPSA) is 56.5 Å². The maximum absolute atomic E-state index is 5.50. The molecule has 0 amide bonds. The maximum Gasteiger partial charge on any atom is 0.119 e. The van der Waals surface area contributed by atoms with Gasteiger partial charge >= 0.3 is 0 Å². The molecule has 1 rings (SSSR count). The number of ether oxygens (including phenoxy) is 2. The van der Waals surface area contributed by atoms with Crippen LogP contribution in [0.25, 0.3) is 0 Å². The maximum atomic E-state index is 5.50. The first-order valence-electron chi connectivity index (χ1n) is 5.49. The van der Waals surface area contributed by atoms with Crippen LogP contribution in [0.15, 0.2) is 24.3 Å². The predicted molar refractivity (Wildman–Crippen MR) is 64.2 cm³/mol. The normalized spacial score (nSPS) is 12.4. The fourth-order valence-electron chi connectivity index (χ4n) is 1.42. The van der Waals surface area contributed by atoms with E-state index in [1.807, 2.05) is 24.3 Å². The van der Waals surface area contributed by atoms with Crippen molar-refractivity contribution in [2.75, 3.05) is 20.3 Å². The van der Waals surface area contributed by atoms with Crippen LogP contribution in [-0.4, -0.2) is 20.3 Å². The zero-order valence-electron chi connectivity index (χ0n) is 9.90. The highest BCUT2D eigenvalue weighted by Gasteiger charge is 2.08. The van der Waals surface area contributed by atoms with E-state index >= 15 is 0 Å². The highest BCUT2D eigenvalue weighted by atomic mass is 16.5. The fourth-order valence-corrected chi connectivity index (χ4v) is 1.42. The summed E-state index contributed by atoms with van der Waals surface area (Å²) in [5, 5.41) is 0. The largest absolute Gasteiger partial charge is 0.494 e. The summed E-state index contributed by atoms with van der Waals surface area (Å²) < 4.78 is 10.6. The fraction of sp³-hybridized carbons (Fsp3) is 0.500. The Balaban J connectivity index is 2.61. The van der Waals surface area contributed by atoms with Gasteiger partial charge in [0.2, 0.25) is 0 Å². The first-order valence-corrected chi connectivity index (χ1v) is 5.49. The molecule has 0 bridgehead atoms. The molecule has 1 unspecified atom stereocenters. The van der Waals surface area contributed by atoms with E-state index < -0.39 is 0 Å². The molecule has 0 spiro atoms. The third kappa shape index (κ3) is 3.81. The predicted octanol–water partition coefficient (Wildman–Crippen LogP) is 1.63. The molecule has 1 aromatic carbocycles. The monoisotopic (exact) mass is 224 g/mol. The van der Waals surface area contributed by atoms with Crippen LogP contribution < -0.4 is 16.0 Å². The zero-order chi connectivity index (χ0) is 11.8. The zero-order valence-corrected chi connectivity index (χ0v) is 9.90. The smallest absolute Gasteiger partial charge is 0.119 e. The van der Waals surface area contributed by atoms with Crippen LogP contribution >= 0.6 is 0 Å². The standard InChI is InChI=1S/C12H20N2O2/c1-3-8-16-11-6-4-10(5-7-11)12(14-13)9-15-2/h4-7,12,14H,3,8-9,13H2,1-2H3. The van der Waals surface area contributed by atoms with E-state index in [4.69, 9.17) is 15.3 Å². The average molecular weight is 224 g/mol. The van der Waals surface area contributed by atoms with E-state index in [0.717, 1.165) is 24.3 Å². The van der Waals surface area contributed by atoms with Crippen LogP contribution in [0.5, 0.6) is 5.75 Å². The molecule has 1 aromatic rings. The minimum absolute atomic E-state index is 0.0187. The highest BCUT2D eigenvalue weighted by molar-refractivity contribution is 5.29. The van der Waals surface area contributed by atoms with Gasteiger partial charge in [-0.15, -0.1) is 0 Å². The van der Waals surface area contributed by atoms with Crippen LogP contribution in [-0.2, 0) is 4.74 Å². The summed E-state index contributed by atoms with van der Waals surface area (Å²) in [5.41, 5.74) is 3.81. The van der Waals surface area contributed by atoms with Gasteiger partial charge in [-0.25, -0.2) is 0 Å². The van der Waals surface area contributed by atoms with Gasteiger partial charge in [0.15, 0.2) is 0 Å². The van der Waals surface area contributed by atoms with Crippen molar-refractivity contribution < 1.29 is 9.47 Å². The molecule has 0 aliphatic rings. The highest BCUT2D eigenvalue weighted by Crippen LogP contribution is 2.17. The summed E-state index contributed by atoms with van der Waals surface area (Å²) in [5.74, 6) is 6.34. The average Bonchev–Trinajstić information content (AvgIpc) is 2.34. The van der Waals surface area contributed by atoms with Crippen molar-refractivity contribution in [3.8, 4) is 5.75 Å². The van der Waals surface area contributed by atoms with Crippen molar-refractivity contribution in [1.82, 2.24) is 5.43 Å². The van der Waals surface area contributed by atoms with Crippen molar-refractivity contribution in [2.24, 2.45) is 5.84 Å². The van der Waals surface area contributed by atoms with Crippen LogP contribution in [0, 0.1) is 0 Å². The van der Waals surface area contributed by atoms with Gasteiger partial charge in [-0.2, -0.15) is 0 Å². The Morgan fingerprint density at radius 1 is 1.31 bits per heavy atom. The number of hydrogen-bond donors (Lipinski definition) is 2. The van der Waals surface area contributed by atoms with Crippen molar-refractivity contribution in [3.63, 3.8) is 0 Å². The van der Waals surface area contributed by atoms with E-state index in [-0.39, 0.29) is 6.04 Å². The van der Waals surface area contributed by atoms with Gasteiger partial charge in [0, 0.05) is 7.11 Å². The molecule has 4 heteroatoms. The lowest BCUT2D eigenvalue weighted by Gasteiger charge is -2.15. The van der Waals surface area contributed by atoms with Gasteiger partial charge in [-0.05, 0) is 24.1 Å². The van der Waals surface area contributed by atoms with E-state index in [9.17, 15) is 0 Å². The Morgan fingerprint density at radius 3 is 2.50 bits per heavy atom. The quantitative estimate of drug-likeness (QED) is 0.546. The van der Waals surface area contributed by atoms with Gasteiger partial charge in [-0.1, -0.05) is 19.1 Å². The van der Waals surface area contributed by atoms with E-state index in [2.05, 4.69) is 12.3 Å². The van der Waals surface area contributed by atoms with Crippen molar-refractivity contribution in [3.05, 3.63) is 29.8 Å².